The predicted molar refractivity (Wildman–Crippen MR) is 141 cm³/mol. The van der Waals surface area contributed by atoms with Gasteiger partial charge in [0.15, 0.2) is 0 Å². The Morgan fingerprint density at radius 2 is 1.51 bits per heavy atom. The van der Waals surface area contributed by atoms with Gasteiger partial charge in [-0.3, -0.25) is 13.9 Å². The number of benzene rings is 3. The Labute approximate surface area is 207 Å². The maximum atomic E-state index is 13.6. The van der Waals surface area contributed by atoms with Crippen LogP contribution in [0.15, 0.2) is 72.8 Å². The van der Waals surface area contributed by atoms with Crippen LogP contribution in [0.2, 0.25) is 0 Å². The van der Waals surface area contributed by atoms with Crippen molar-refractivity contribution in [3.63, 3.8) is 0 Å². The summed E-state index contributed by atoms with van der Waals surface area (Å²) in [7, 11) is -3.78. The van der Waals surface area contributed by atoms with Crippen LogP contribution in [-0.2, 0) is 26.0 Å². The average Bonchev–Trinajstić information content (AvgIpc) is 2.81. The maximum Gasteiger partial charge on any atom is 0.244 e. The Balaban J connectivity index is 1.93. The Kier molecular flexibility index (Phi) is 8.51. The van der Waals surface area contributed by atoms with Crippen LogP contribution in [0.25, 0.3) is 10.8 Å². The molecule has 0 aromatic heterocycles. The first kappa shape index (κ1) is 26.2. The first-order chi connectivity index (χ1) is 16.6. The highest BCUT2D eigenvalue weighted by Gasteiger charge is 2.30. The van der Waals surface area contributed by atoms with Gasteiger partial charge in [-0.25, -0.2) is 8.42 Å². The summed E-state index contributed by atoms with van der Waals surface area (Å²) in [5.41, 5.74) is 1.46. The van der Waals surface area contributed by atoms with Crippen LogP contribution in [0.1, 0.15) is 26.3 Å². The highest BCUT2D eigenvalue weighted by molar-refractivity contribution is 7.92. The van der Waals surface area contributed by atoms with Crippen LogP contribution < -0.4 is 9.62 Å². The summed E-state index contributed by atoms with van der Waals surface area (Å²) >= 11 is 0. The van der Waals surface area contributed by atoms with E-state index in [1.54, 1.807) is 19.1 Å². The standard InChI is InChI=1S/C27H33N3O4S/c1-20(2)28-27(32)21(3)29(18-17-22-11-6-5-7-12-22)26(31)19-30(35(4,33)34)25-16-10-14-23-13-8-9-15-24(23)25/h5-16,20-21H,17-19H2,1-4H3,(H,28,32). The second-order valence-electron chi connectivity index (χ2n) is 8.93. The fourth-order valence-electron chi connectivity index (χ4n) is 4.00. The molecule has 0 saturated heterocycles. The number of amides is 2. The summed E-state index contributed by atoms with van der Waals surface area (Å²) in [5.74, 6) is -0.719. The van der Waals surface area contributed by atoms with Crippen LogP contribution >= 0.6 is 0 Å². The molecule has 0 saturated carbocycles. The Bertz CT molecular complexity index is 1270. The third-order valence-electron chi connectivity index (χ3n) is 5.80. The molecule has 0 spiro atoms. The number of hydrogen-bond donors (Lipinski definition) is 1. The van der Waals surface area contributed by atoms with E-state index < -0.39 is 28.5 Å². The number of carbonyl (C=O) groups is 2. The molecule has 35 heavy (non-hydrogen) atoms. The summed E-state index contributed by atoms with van der Waals surface area (Å²) in [5, 5.41) is 4.45. The zero-order chi connectivity index (χ0) is 25.6. The van der Waals surface area contributed by atoms with Gasteiger partial charge in [0.2, 0.25) is 21.8 Å². The molecule has 0 aliphatic heterocycles. The van der Waals surface area contributed by atoms with Gasteiger partial charge >= 0.3 is 0 Å². The smallest absolute Gasteiger partial charge is 0.244 e. The zero-order valence-corrected chi connectivity index (χ0v) is 21.5. The SMILES string of the molecule is CC(C)NC(=O)C(C)N(CCc1ccccc1)C(=O)CN(c1cccc2ccccc12)S(C)(=O)=O. The third-order valence-corrected chi connectivity index (χ3v) is 6.92. The van der Waals surface area contributed by atoms with Crippen LogP contribution in [0.5, 0.6) is 0 Å². The van der Waals surface area contributed by atoms with E-state index >= 15 is 0 Å². The molecule has 0 aliphatic rings. The van der Waals surface area contributed by atoms with Crippen molar-refractivity contribution in [1.82, 2.24) is 10.2 Å². The Hall–Kier alpha value is -3.39. The molecule has 3 aromatic carbocycles. The number of nitrogens with zero attached hydrogens (tertiary/aromatic N) is 2. The summed E-state index contributed by atoms with van der Waals surface area (Å²) < 4.78 is 26.8. The molecule has 0 heterocycles. The molecular formula is C27H33N3O4S. The molecule has 7 nitrogen and oxygen atoms in total. The third kappa shape index (κ3) is 6.82. The van der Waals surface area contributed by atoms with Gasteiger partial charge in [-0.2, -0.15) is 0 Å². The van der Waals surface area contributed by atoms with Crippen molar-refractivity contribution in [2.45, 2.75) is 39.3 Å². The van der Waals surface area contributed by atoms with E-state index in [0.29, 0.717) is 12.1 Å². The quantitative estimate of drug-likeness (QED) is 0.466. The fourth-order valence-corrected chi connectivity index (χ4v) is 4.86. The van der Waals surface area contributed by atoms with E-state index in [4.69, 9.17) is 0 Å². The van der Waals surface area contributed by atoms with E-state index in [1.807, 2.05) is 74.5 Å². The van der Waals surface area contributed by atoms with Gasteiger partial charge in [-0.05, 0) is 44.2 Å². The van der Waals surface area contributed by atoms with Crippen molar-refractivity contribution < 1.29 is 18.0 Å². The minimum Gasteiger partial charge on any atom is -0.352 e. The molecule has 0 radical (unpaired) electrons. The van der Waals surface area contributed by atoms with Crippen molar-refractivity contribution >= 4 is 38.3 Å². The highest BCUT2D eigenvalue weighted by Crippen LogP contribution is 2.28. The highest BCUT2D eigenvalue weighted by atomic mass is 32.2. The van der Waals surface area contributed by atoms with Gasteiger partial charge in [0.25, 0.3) is 0 Å². The minimum atomic E-state index is -3.78. The van der Waals surface area contributed by atoms with Crippen molar-refractivity contribution in [2.75, 3.05) is 23.7 Å². The minimum absolute atomic E-state index is 0.0840. The van der Waals surface area contributed by atoms with Crippen LogP contribution in [-0.4, -0.2) is 56.6 Å². The van der Waals surface area contributed by atoms with Crippen LogP contribution in [0.3, 0.4) is 0 Å². The predicted octanol–water partition coefficient (Wildman–Crippen LogP) is 3.59. The number of hydrogen-bond acceptors (Lipinski definition) is 4. The second-order valence-corrected chi connectivity index (χ2v) is 10.8. The van der Waals surface area contributed by atoms with E-state index in [-0.39, 0.29) is 18.5 Å². The van der Waals surface area contributed by atoms with Gasteiger partial charge in [-0.1, -0.05) is 66.7 Å². The number of anilines is 1. The van der Waals surface area contributed by atoms with Crippen LogP contribution in [0.4, 0.5) is 5.69 Å². The summed E-state index contributed by atoms with van der Waals surface area (Å²) in [6, 6.07) is 21.6. The number of rotatable bonds is 10. The lowest BCUT2D eigenvalue weighted by atomic mass is 10.1. The molecule has 1 unspecified atom stereocenters. The number of fused-ring (bicyclic) bond motifs is 1. The van der Waals surface area contributed by atoms with Crippen molar-refractivity contribution in [2.24, 2.45) is 0 Å². The lowest BCUT2D eigenvalue weighted by Gasteiger charge is -2.32. The van der Waals surface area contributed by atoms with E-state index in [9.17, 15) is 18.0 Å². The average molecular weight is 496 g/mol. The van der Waals surface area contributed by atoms with Crippen molar-refractivity contribution in [1.29, 1.82) is 0 Å². The van der Waals surface area contributed by atoms with E-state index in [2.05, 4.69) is 5.32 Å². The van der Waals surface area contributed by atoms with E-state index in [1.165, 1.54) is 4.90 Å². The number of carbonyl (C=O) groups excluding carboxylic acids is 2. The Morgan fingerprint density at radius 1 is 0.886 bits per heavy atom. The van der Waals surface area contributed by atoms with Crippen molar-refractivity contribution in [3.8, 4) is 0 Å². The van der Waals surface area contributed by atoms with Gasteiger partial charge in [0.05, 0.1) is 11.9 Å². The van der Waals surface area contributed by atoms with Crippen LogP contribution in [0, 0.1) is 0 Å². The lowest BCUT2D eigenvalue weighted by Crippen LogP contribution is -2.53. The molecule has 1 N–H and O–H groups in total. The molecule has 0 aliphatic carbocycles. The van der Waals surface area contributed by atoms with Gasteiger partial charge in [0.1, 0.15) is 12.6 Å². The van der Waals surface area contributed by atoms with Crippen molar-refractivity contribution in [3.05, 3.63) is 78.4 Å². The normalized spacial score (nSPS) is 12.4. The molecular weight excluding hydrogens is 462 g/mol. The Morgan fingerprint density at radius 3 is 2.17 bits per heavy atom. The molecule has 186 valence electrons. The van der Waals surface area contributed by atoms with Gasteiger partial charge < -0.3 is 10.2 Å². The lowest BCUT2D eigenvalue weighted by molar-refractivity contribution is -0.139. The van der Waals surface area contributed by atoms with E-state index in [0.717, 1.165) is 26.9 Å². The molecule has 8 heteroatoms. The topological polar surface area (TPSA) is 86.8 Å². The number of sulfonamides is 1. The molecule has 0 bridgehead atoms. The summed E-state index contributed by atoms with van der Waals surface area (Å²) in [4.78, 5) is 27.9. The van der Waals surface area contributed by atoms with Gasteiger partial charge in [-0.15, -0.1) is 0 Å². The van der Waals surface area contributed by atoms with Gasteiger partial charge in [0, 0.05) is 18.0 Å². The second kappa shape index (κ2) is 11.4. The summed E-state index contributed by atoms with van der Waals surface area (Å²) in [6.07, 6.45) is 1.63. The molecule has 3 rings (SSSR count). The first-order valence-corrected chi connectivity index (χ1v) is 13.5. The fraction of sp³-hybridized carbons (Fsp3) is 0.333. The molecule has 1 atom stereocenters. The molecule has 3 aromatic rings. The largest absolute Gasteiger partial charge is 0.352 e. The molecule has 0 fully saturated rings. The number of nitrogens with one attached hydrogen (secondary N) is 1. The monoisotopic (exact) mass is 495 g/mol. The maximum absolute atomic E-state index is 13.6. The summed E-state index contributed by atoms with van der Waals surface area (Å²) in [6.45, 7) is 5.26. The first-order valence-electron chi connectivity index (χ1n) is 11.7. The zero-order valence-electron chi connectivity index (χ0n) is 20.6. The molecule has 2 amide bonds.